The summed E-state index contributed by atoms with van der Waals surface area (Å²) in [6.45, 7) is 7.14. The second-order valence-electron chi connectivity index (χ2n) is 12.3. The molecule has 7 nitrogen and oxygen atoms in total. The van der Waals surface area contributed by atoms with Gasteiger partial charge < -0.3 is 28.8 Å². The number of halogens is 3. The predicted octanol–water partition coefficient (Wildman–Crippen LogP) is 13.9. The maximum Gasteiger partial charge on any atom is 0.150 e. The van der Waals surface area contributed by atoms with E-state index in [4.69, 9.17) is 28.8 Å². The number of nitrogens with two attached hydrogens (primary N) is 1. The number of aromatic hydroxyl groups is 1. The molecule has 8 rings (SSSR count). The van der Waals surface area contributed by atoms with Gasteiger partial charge in [-0.05, 0) is 133 Å². The van der Waals surface area contributed by atoms with Gasteiger partial charge in [-0.1, -0.05) is 74.6 Å². The number of hydrogen-bond acceptors (Lipinski definition) is 7. The van der Waals surface area contributed by atoms with E-state index in [1.807, 2.05) is 72.8 Å². The largest absolute Gasteiger partial charge is 0.508 e. The van der Waals surface area contributed by atoms with Crippen LogP contribution in [0.5, 0.6) is 11.5 Å². The molecule has 8 aromatic rings. The standard InChI is InChI=1S/C11H13NO.C10H13BrO.C9H6O2.C8H5BrO.C6H5BrO/c1-2-10(12)8-3-4-11-9(7-8)5-6-13-11;1-8(2)7-12-10-5-3-9(11)4-6-10;10-6-7-1-2-9-8(5-7)3-4-11-9;9-7-1-2-8-6(5-7)3-4-10-8;7-5-1-3-6(8)4-2-5/h3-7,10H,2,12H2,1H3;3-6,8H,7H2,1-2H3;1-6H;1-5H;1-4,8H. The van der Waals surface area contributed by atoms with Crippen molar-refractivity contribution in [1.29, 1.82) is 0 Å². The van der Waals surface area contributed by atoms with E-state index >= 15 is 0 Å². The number of hydrogen-bond donors (Lipinski definition) is 2. The summed E-state index contributed by atoms with van der Waals surface area (Å²) in [5.74, 6) is 1.81. The summed E-state index contributed by atoms with van der Waals surface area (Å²) in [6.07, 6.45) is 6.79. The molecule has 0 saturated heterocycles. The third-order valence-corrected chi connectivity index (χ3v) is 9.15. The molecule has 3 heterocycles. The van der Waals surface area contributed by atoms with Crippen LogP contribution in [0.15, 0.2) is 167 Å². The second-order valence-corrected chi connectivity index (χ2v) is 15.1. The third kappa shape index (κ3) is 14.0. The third-order valence-electron chi connectivity index (χ3n) is 7.60. The molecule has 54 heavy (non-hydrogen) atoms. The Morgan fingerprint density at radius 2 is 1.13 bits per heavy atom. The van der Waals surface area contributed by atoms with Gasteiger partial charge in [-0.3, -0.25) is 4.79 Å². The molecule has 280 valence electrons. The van der Waals surface area contributed by atoms with Crippen LogP contribution in [0, 0.1) is 5.92 Å². The van der Waals surface area contributed by atoms with Crippen molar-refractivity contribution in [2.75, 3.05) is 6.61 Å². The zero-order valence-corrected chi connectivity index (χ0v) is 34.9. The van der Waals surface area contributed by atoms with Crippen LogP contribution in [0.25, 0.3) is 32.9 Å². The zero-order valence-electron chi connectivity index (χ0n) is 30.1. The highest BCUT2D eigenvalue weighted by molar-refractivity contribution is 9.11. The molecule has 1 atom stereocenters. The van der Waals surface area contributed by atoms with Crippen LogP contribution in [-0.2, 0) is 0 Å². The van der Waals surface area contributed by atoms with Crippen LogP contribution in [0.2, 0.25) is 0 Å². The average molecular weight is 921 g/mol. The van der Waals surface area contributed by atoms with Crippen molar-refractivity contribution >= 4 is 87.0 Å². The Kier molecular flexibility index (Phi) is 17.1. The molecule has 0 saturated carbocycles. The van der Waals surface area contributed by atoms with Crippen LogP contribution in [0.3, 0.4) is 0 Å². The molecular formula is C44H42Br3NO6. The maximum absolute atomic E-state index is 10.3. The monoisotopic (exact) mass is 917 g/mol. The number of benzene rings is 5. The first-order chi connectivity index (χ1) is 26.0. The van der Waals surface area contributed by atoms with Gasteiger partial charge in [0.2, 0.25) is 0 Å². The molecule has 1 unspecified atom stereocenters. The lowest BCUT2D eigenvalue weighted by molar-refractivity contribution is 0.112. The fourth-order valence-corrected chi connectivity index (χ4v) is 5.59. The van der Waals surface area contributed by atoms with E-state index in [9.17, 15) is 4.79 Å². The SMILES string of the molecule is Brc1ccc2occc2c1.CC(C)COc1ccc(Br)cc1.CCC(N)c1ccc2occc2c1.O=Cc1ccc2occc2c1.Oc1ccc(Br)cc1. The van der Waals surface area contributed by atoms with Gasteiger partial charge in [0.15, 0.2) is 0 Å². The number of carbonyl (C=O) groups is 1. The number of carbonyl (C=O) groups excluding carboxylic acids is 1. The lowest BCUT2D eigenvalue weighted by Crippen LogP contribution is -2.07. The molecule has 0 aliphatic heterocycles. The molecule has 10 heteroatoms. The Labute approximate surface area is 340 Å². The van der Waals surface area contributed by atoms with Crippen LogP contribution in [0.1, 0.15) is 49.2 Å². The lowest BCUT2D eigenvalue weighted by atomic mass is 10.0. The average Bonchev–Trinajstić information content (AvgIpc) is 3.97. The van der Waals surface area contributed by atoms with E-state index in [1.165, 1.54) is 5.56 Å². The Balaban J connectivity index is 0.000000152. The van der Waals surface area contributed by atoms with Gasteiger partial charge in [0, 0.05) is 41.2 Å². The van der Waals surface area contributed by atoms with Gasteiger partial charge >= 0.3 is 0 Å². The van der Waals surface area contributed by atoms with Crippen molar-refractivity contribution < 1.29 is 27.9 Å². The van der Waals surface area contributed by atoms with E-state index in [2.05, 4.69) is 74.6 Å². The van der Waals surface area contributed by atoms with Crippen molar-refractivity contribution in [2.24, 2.45) is 11.7 Å². The Bertz CT molecular complexity index is 2270. The number of phenolic OH excluding ortho intramolecular Hbond substituents is 1. The number of furan rings is 3. The highest BCUT2D eigenvalue weighted by Crippen LogP contribution is 2.22. The van der Waals surface area contributed by atoms with Crippen LogP contribution in [0.4, 0.5) is 0 Å². The topological polar surface area (TPSA) is 112 Å². The summed E-state index contributed by atoms with van der Waals surface area (Å²) in [5.41, 5.74) is 10.5. The number of phenols is 1. The quantitative estimate of drug-likeness (QED) is 0.160. The Morgan fingerprint density at radius 3 is 1.65 bits per heavy atom. The molecule has 5 aromatic carbocycles. The minimum atomic E-state index is 0.138. The van der Waals surface area contributed by atoms with E-state index in [0.717, 1.165) is 71.4 Å². The number of rotatable bonds is 6. The molecule has 0 spiro atoms. The summed E-state index contributed by atoms with van der Waals surface area (Å²) in [6, 6.07) is 38.0. The zero-order chi connectivity index (χ0) is 38.9. The van der Waals surface area contributed by atoms with Crippen LogP contribution in [-0.4, -0.2) is 18.0 Å². The maximum atomic E-state index is 10.3. The van der Waals surface area contributed by atoms with Crippen molar-refractivity contribution in [1.82, 2.24) is 0 Å². The number of aldehydes is 1. The predicted molar refractivity (Wildman–Crippen MR) is 229 cm³/mol. The molecule has 0 amide bonds. The summed E-state index contributed by atoms with van der Waals surface area (Å²) in [4.78, 5) is 10.3. The Morgan fingerprint density at radius 1 is 0.648 bits per heavy atom. The highest BCUT2D eigenvalue weighted by atomic mass is 79.9. The first-order valence-electron chi connectivity index (χ1n) is 17.2. The van der Waals surface area contributed by atoms with Crippen molar-refractivity contribution in [3.05, 3.63) is 165 Å². The lowest BCUT2D eigenvalue weighted by Gasteiger charge is -2.08. The van der Waals surface area contributed by atoms with E-state index in [1.54, 1.807) is 61.3 Å². The molecule has 3 N–H and O–H groups in total. The fraction of sp³-hybridized carbons (Fsp3) is 0.159. The summed E-state index contributed by atoms with van der Waals surface area (Å²) in [5, 5.41) is 12.0. The summed E-state index contributed by atoms with van der Waals surface area (Å²) in [7, 11) is 0. The number of fused-ring (bicyclic) bond motifs is 3. The highest BCUT2D eigenvalue weighted by Gasteiger charge is 2.05. The minimum absolute atomic E-state index is 0.138. The Hall–Kier alpha value is -4.61. The van der Waals surface area contributed by atoms with Crippen molar-refractivity contribution in [3.8, 4) is 11.5 Å². The molecule has 0 fully saturated rings. The van der Waals surface area contributed by atoms with Crippen LogP contribution >= 0.6 is 47.8 Å². The summed E-state index contributed by atoms with van der Waals surface area (Å²) >= 11 is 9.98. The molecule has 0 bridgehead atoms. The van der Waals surface area contributed by atoms with Gasteiger partial charge in [-0.25, -0.2) is 0 Å². The van der Waals surface area contributed by atoms with Crippen LogP contribution < -0.4 is 10.5 Å². The minimum Gasteiger partial charge on any atom is -0.508 e. The van der Waals surface area contributed by atoms with Gasteiger partial charge in [0.25, 0.3) is 0 Å². The van der Waals surface area contributed by atoms with Crippen molar-refractivity contribution in [2.45, 2.75) is 33.2 Å². The first-order valence-corrected chi connectivity index (χ1v) is 19.5. The van der Waals surface area contributed by atoms with E-state index in [0.29, 0.717) is 17.2 Å². The molecule has 0 aliphatic carbocycles. The molecule has 0 aliphatic rings. The molecule has 0 radical (unpaired) electrons. The molecular weight excluding hydrogens is 878 g/mol. The smallest absolute Gasteiger partial charge is 0.150 e. The van der Waals surface area contributed by atoms with E-state index < -0.39 is 0 Å². The fourth-order valence-electron chi connectivity index (χ4n) is 4.68. The molecule has 3 aromatic heterocycles. The first kappa shape index (κ1) is 42.1. The van der Waals surface area contributed by atoms with Gasteiger partial charge in [0.1, 0.15) is 34.5 Å². The van der Waals surface area contributed by atoms with Gasteiger partial charge in [0.05, 0.1) is 25.4 Å². The van der Waals surface area contributed by atoms with Gasteiger partial charge in [-0.15, -0.1) is 0 Å². The number of ether oxygens (including phenoxy) is 1. The van der Waals surface area contributed by atoms with E-state index in [-0.39, 0.29) is 6.04 Å². The normalized spacial score (nSPS) is 10.9. The van der Waals surface area contributed by atoms with Crippen molar-refractivity contribution in [3.63, 3.8) is 0 Å². The summed E-state index contributed by atoms with van der Waals surface area (Å²) < 4.78 is 24.1. The van der Waals surface area contributed by atoms with Gasteiger partial charge in [-0.2, -0.15) is 0 Å². The second kappa shape index (κ2) is 21.9.